The van der Waals surface area contributed by atoms with Crippen molar-refractivity contribution in [2.24, 2.45) is 11.8 Å². The molecule has 1 aromatic carbocycles. The third-order valence-corrected chi connectivity index (χ3v) is 3.90. The second-order valence-electron chi connectivity index (χ2n) is 5.51. The van der Waals surface area contributed by atoms with Crippen LogP contribution in [0, 0.1) is 11.8 Å². The largest absolute Gasteiger partial charge is 0.348 e. The van der Waals surface area contributed by atoms with Gasteiger partial charge in [0.05, 0.1) is 11.2 Å². The highest BCUT2D eigenvalue weighted by molar-refractivity contribution is 6.40. The fourth-order valence-electron chi connectivity index (χ4n) is 2.38. The van der Waals surface area contributed by atoms with E-state index in [0.29, 0.717) is 24.1 Å². The van der Waals surface area contributed by atoms with Gasteiger partial charge in [-0.1, -0.05) is 13.0 Å². The van der Waals surface area contributed by atoms with E-state index in [2.05, 4.69) is 22.5 Å². The number of nitrogens with zero attached hydrogens (tertiary/aromatic N) is 1. The van der Waals surface area contributed by atoms with Crippen LogP contribution >= 0.6 is 0 Å². The van der Waals surface area contributed by atoms with E-state index >= 15 is 0 Å². The van der Waals surface area contributed by atoms with Crippen molar-refractivity contribution in [2.45, 2.75) is 13.3 Å². The number of carbonyl (C=O) groups is 2. The lowest BCUT2D eigenvalue weighted by molar-refractivity contribution is -0.136. The first-order valence-electron chi connectivity index (χ1n) is 7.08. The van der Waals surface area contributed by atoms with Gasteiger partial charge in [0, 0.05) is 18.1 Å². The van der Waals surface area contributed by atoms with Crippen molar-refractivity contribution in [3.63, 3.8) is 0 Å². The van der Waals surface area contributed by atoms with Crippen LogP contribution in [0.3, 0.4) is 0 Å². The summed E-state index contributed by atoms with van der Waals surface area (Å²) in [6.07, 6.45) is 2.81. The van der Waals surface area contributed by atoms with Crippen molar-refractivity contribution in [3.8, 4) is 0 Å². The Bertz CT molecular complexity index is 693. The van der Waals surface area contributed by atoms with Crippen molar-refractivity contribution in [1.82, 2.24) is 10.3 Å². The molecule has 0 saturated heterocycles. The minimum atomic E-state index is -0.639. The van der Waals surface area contributed by atoms with Gasteiger partial charge in [-0.2, -0.15) is 0 Å². The van der Waals surface area contributed by atoms with Crippen molar-refractivity contribution in [1.29, 1.82) is 0 Å². The number of fused-ring (bicyclic) bond motifs is 1. The average molecular weight is 283 g/mol. The molecule has 1 aliphatic rings. The molecule has 3 rings (SSSR count). The van der Waals surface area contributed by atoms with E-state index in [4.69, 9.17) is 0 Å². The van der Waals surface area contributed by atoms with Crippen LogP contribution in [0.4, 0.5) is 5.69 Å². The molecule has 0 spiro atoms. The minimum absolute atomic E-state index is 0.517. The number of pyridine rings is 1. The molecular weight excluding hydrogens is 266 g/mol. The van der Waals surface area contributed by atoms with E-state index in [9.17, 15) is 9.59 Å². The van der Waals surface area contributed by atoms with Crippen molar-refractivity contribution >= 4 is 28.4 Å². The minimum Gasteiger partial charge on any atom is -0.348 e. The second-order valence-corrected chi connectivity index (χ2v) is 5.51. The number of benzene rings is 1. The molecule has 2 atom stereocenters. The molecule has 1 saturated carbocycles. The number of carbonyl (C=O) groups excluding carboxylic acids is 2. The van der Waals surface area contributed by atoms with E-state index < -0.39 is 11.8 Å². The van der Waals surface area contributed by atoms with E-state index in [1.165, 1.54) is 0 Å². The van der Waals surface area contributed by atoms with Crippen LogP contribution in [0.5, 0.6) is 0 Å². The number of anilines is 1. The normalized spacial score (nSPS) is 20.0. The fourth-order valence-corrected chi connectivity index (χ4v) is 2.38. The molecule has 2 amide bonds. The van der Waals surface area contributed by atoms with E-state index in [0.717, 1.165) is 17.3 Å². The quantitative estimate of drug-likeness (QED) is 0.846. The molecule has 0 aliphatic heterocycles. The predicted molar refractivity (Wildman–Crippen MR) is 80.7 cm³/mol. The van der Waals surface area contributed by atoms with Gasteiger partial charge in [0.2, 0.25) is 0 Å². The van der Waals surface area contributed by atoms with Gasteiger partial charge in [-0.15, -0.1) is 0 Å². The zero-order valence-corrected chi connectivity index (χ0v) is 11.8. The topological polar surface area (TPSA) is 71.1 Å². The van der Waals surface area contributed by atoms with Gasteiger partial charge >= 0.3 is 11.8 Å². The second kappa shape index (κ2) is 5.52. The zero-order chi connectivity index (χ0) is 14.8. The van der Waals surface area contributed by atoms with Crippen LogP contribution in [0.25, 0.3) is 10.9 Å². The number of hydrogen-bond donors (Lipinski definition) is 2. The van der Waals surface area contributed by atoms with Crippen LogP contribution in [-0.2, 0) is 9.59 Å². The molecule has 2 aromatic rings. The Morgan fingerprint density at radius 2 is 2.05 bits per heavy atom. The Labute approximate surface area is 122 Å². The molecule has 21 heavy (non-hydrogen) atoms. The Morgan fingerprint density at radius 1 is 1.24 bits per heavy atom. The Morgan fingerprint density at radius 3 is 2.81 bits per heavy atom. The van der Waals surface area contributed by atoms with Gasteiger partial charge in [-0.3, -0.25) is 14.6 Å². The predicted octanol–water partition coefficient (Wildman–Crippen LogP) is 1.95. The molecule has 1 heterocycles. The van der Waals surface area contributed by atoms with E-state index in [1.807, 2.05) is 12.1 Å². The third-order valence-electron chi connectivity index (χ3n) is 3.90. The summed E-state index contributed by atoms with van der Waals surface area (Å²) in [5.74, 6) is -0.0596. The first-order valence-corrected chi connectivity index (χ1v) is 7.08. The molecular formula is C16H17N3O2. The lowest BCUT2D eigenvalue weighted by atomic mass is 10.2. The van der Waals surface area contributed by atoms with Crippen molar-refractivity contribution in [2.75, 3.05) is 11.9 Å². The molecule has 0 bridgehead atoms. The fraction of sp³-hybridized carbons (Fsp3) is 0.312. The van der Waals surface area contributed by atoms with Crippen LogP contribution in [0.1, 0.15) is 13.3 Å². The summed E-state index contributed by atoms with van der Waals surface area (Å²) in [5.41, 5.74) is 1.38. The molecule has 5 heteroatoms. The van der Waals surface area contributed by atoms with E-state index in [-0.39, 0.29) is 0 Å². The first kappa shape index (κ1) is 13.5. The summed E-state index contributed by atoms with van der Waals surface area (Å²) >= 11 is 0. The maximum Gasteiger partial charge on any atom is 0.313 e. The highest BCUT2D eigenvalue weighted by Crippen LogP contribution is 2.36. The lowest BCUT2D eigenvalue weighted by Gasteiger charge is -2.08. The van der Waals surface area contributed by atoms with Gasteiger partial charge in [0.25, 0.3) is 0 Å². The zero-order valence-electron chi connectivity index (χ0n) is 11.8. The summed E-state index contributed by atoms with van der Waals surface area (Å²) in [7, 11) is 0. The van der Waals surface area contributed by atoms with Gasteiger partial charge in [0.15, 0.2) is 0 Å². The van der Waals surface area contributed by atoms with Crippen LogP contribution in [-0.4, -0.2) is 23.3 Å². The number of nitrogens with one attached hydrogen (secondary N) is 2. The molecule has 2 N–H and O–H groups in total. The average Bonchev–Trinajstić information content (AvgIpc) is 3.21. The first-order chi connectivity index (χ1) is 10.1. The highest BCUT2D eigenvalue weighted by Gasteiger charge is 2.32. The summed E-state index contributed by atoms with van der Waals surface area (Å²) in [5, 5.41) is 6.14. The SMILES string of the molecule is C[C@@H]1C[C@@H]1CNC(=O)C(=O)Nc1cccc2ncccc12. The summed E-state index contributed by atoms with van der Waals surface area (Å²) in [4.78, 5) is 27.9. The molecule has 0 radical (unpaired) electrons. The Hall–Kier alpha value is -2.43. The summed E-state index contributed by atoms with van der Waals surface area (Å²) in [6.45, 7) is 2.71. The Balaban J connectivity index is 1.66. The standard InChI is InChI=1S/C16H17N3O2/c1-10-8-11(10)9-18-15(20)16(21)19-14-6-2-5-13-12(14)4-3-7-17-13/h2-7,10-11H,8-9H2,1H3,(H,18,20)(H,19,21)/t10-,11-/m1/s1. The molecule has 1 aromatic heterocycles. The molecule has 108 valence electrons. The smallest absolute Gasteiger partial charge is 0.313 e. The molecule has 1 fully saturated rings. The number of hydrogen-bond acceptors (Lipinski definition) is 3. The molecule has 1 aliphatic carbocycles. The monoisotopic (exact) mass is 283 g/mol. The van der Waals surface area contributed by atoms with E-state index in [1.54, 1.807) is 24.4 Å². The number of aromatic nitrogens is 1. The summed E-state index contributed by atoms with van der Waals surface area (Å²) in [6, 6.07) is 9.08. The summed E-state index contributed by atoms with van der Waals surface area (Å²) < 4.78 is 0. The Kier molecular flexibility index (Phi) is 3.56. The number of amides is 2. The molecule has 0 unspecified atom stereocenters. The van der Waals surface area contributed by atoms with Gasteiger partial charge in [0.1, 0.15) is 0 Å². The van der Waals surface area contributed by atoms with Crippen molar-refractivity contribution in [3.05, 3.63) is 36.5 Å². The van der Waals surface area contributed by atoms with Gasteiger partial charge in [-0.25, -0.2) is 0 Å². The van der Waals surface area contributed by atoms with Crippen LogP contribution in [0.2, 0.25) is 0 Å². The highest BCUT2D eigenvalue weighted by atomic mass is 16.2. The van der Waals surface area contributed by atoms with Gasteiger partial charge < -0.3 is 10.6 Å². The lowest BCUT2D eigenvalue weighted by Crippen LogP contribution is -2.36. The van der Waals surface area contributed by atoms with Crippen LogP contribution in [0.15, 0.2) is 36.5 Å². The maximum absolute atomic E-state index is 11.9. The van der Waals surface area contributed by atoms with Crippen LogP contribution < -0.4 is 10.6 Å². The third kappa shape index (κ3) is 3.02. The van der Waals surface area contributed by atoms with Gasteiger partial charge in [-0.05, 0) is 42.5 Å². The maximum atomic E-state index is 11.9. The van der Waals surface area contributed by atoms with Crippen molar-refractivity contribution < 1.29 is 9.59 Å². The molecule has 5 nitrogen and oxygen atoms in total. The number of rotatable bonds is 3.